The zero-order valence-corrected chi connectivity index (χ0v) is 12.1. The van der Waals surface area contributed by atoms with Crippen molar-refractivity contribution in [3.05, 3.63) is 48.0 Å². The molecule has 3 N–H and O–H groups in total. The summed E-state index contributed by atoms with van der Waals surface area (Å²) in [6, 6.07) is 5.17. The fraction of sp³-hybridized carbons (Fsp3) is 0.267. The van der Waals surface area contributed by atoms with Gasteiger partial charge in [-0.1, -0.05) is 12.1 Å². The smallest absolute Gasteiger partial charge is 0.326 e. The molecule has 7 nitrogen and oxygen atoms in total. The molecule has 2 rings (SSSR count). The van der Waals surface area contributed by atoms with E-state index < -0.39 is 17.9 Å². The molecule has 1 atom stereocenters. The summed E-state index contributed by atoms with van der Waals surface area (Å²) in [4.78, 5) is 27.3. The Balaban J connectivity index is 1.99. The number of rotatable bonds is 6. The van der Waals surface area contributed by atoms with E-state index in [0.717, 1.165) is 0 Å². The van der Waals surface area contributed by atoms with E-state index in [9.17, 15) is 19.8 Å². The quantitative estimate of drug-likeness (QED) is 0.729. The molecule has 0 fully saturated rings. The first kappa shape index (κ1) is 15.6. The van der Waals surface area contributed by atoms with Gasteiger partial charge in [0.15, 0.2) is 0 Å². The van der Waals surface area contributed by atoms with Crippen LogP contribution in [0, 0.1) is 6.92 Å². The first-order valence-electron chi connectivity index (χ1n) is 6.73. The lowest BCUT2D eigenvalue weighted by molar-refractivity contribution is -0.141. The second-order valence-electron chi connectivity index (χ2n) is 4.93. The number of aromatic hydroxyl groups is 1. The maximum absolute atomic E-state index is 12.0. The van der Waals surface area contributed by atoms with Gasteiger partial charge < -0.3 is 20.1 Å². The van der Waals surface area contributed by atoms with Gasteiger partial charge in [0.05, 0.1) is 0 Å². The normalized spacial score (nSPS) is 11.9. The van der Waals surface area contributed by atoms with E-state index in [4.69, 9.17) is 0 Å². The molecule has 22 heavy (non-hydrogen) atoms. The van der Waals surface area contributed by atoms with Crippen molar-refractivity contribution in [2.75, 3.05) is 0 Å². The van der Waals surface area contributed by atoms with E-state index >= 15 is 0 Å². The van der Waals surface area contributed by atoms with Crippen LogP contribution in [-0.2, 0) is 22.6 Å². The van der Waals surface area contributed by atoms with E-state index in [-0.39, 0.29) is 18.7 Å². The van der Waals surface area contributed by atoms with Crippen molar-refractivity contribution in [2.24, 2.45) is 0 Å². The number of benzene rings is 1. The highest BCUT2D eigenvalue weighted by atomic mass is 16.4. The van der Waals surface area contributed by atoms with Crippen LogP contribution in [0.5, 0.6) is 5.75 Å². The molecule has 0 aliphatic rings. The highest BCUT2D eigenvalue weighted by Gasteiger charge is 2.20. The Morgan fingerprint density at radius 2 is 2.00 bits per heavy atom. The highest BCUT2D eigenvalue weighted by molar-refractivity contribution is 5.83. The number of hydrogen-bond acceptors (Lipinski definition) is 4. The van der Waals surface area contributed by atoms with Gasteiger partial charge in [-0.15, -0.1) is 0 Å². The Morgan fingerprint density at radius 1 is 1.32 bits per heavy atom. The zero-order valence-electron chi connectivity index (χ0n) is 12.1. The van der Waals surface area contributed by atoms with E-state index in [0.29, 0.717) is 11.4 Å². The van der Waals surface area contributed by atoms with Crippen LogP contribution < -0.4 is 5.32 Å². The average Bonchev–Trinajstić information content (AvgIpc) is 2.85. The van der Waals surface area contributed by atoms with Crippen LogP contribution >= 0.6 is 0 Å². The molecule has 2 aromatic rings. The average molecular weight is 303 g/mol. The van der Waals surface area contributed by atoms with E-state index in [1.807, 2.05) is 0 Å². The molecule has 0 spiro atoms. The summed E-state index contributed by atoms with van der Waals surface area (Å²) in [7, 11) is 0. The molecule has 0 bridgehead atoms. The second kappa shape index (κ2) is 6.75. The number of phenolic OH excluding ortho intramolecular Hbond substituents is 1. The molecule has 0 aliphatic carbocycles. The molecule has 1 heterocycles. The summed E-state index contributed by atoms with van der Waals surface area (Å²) in [6.45, 7) is 1.78. The molecule has 1 amide bonds. The van der Waals surface area contributed by atoms with E-state index in [1.165, 1.54) is 12.1 Å². The van der Waals surface area contributed by atoms with Crippen molar-refractivity contribution in [1.82, 2.24) is 14.9 Å². The van der Waals surface area contributed by atoms with Crippen LogP contribution in [-0.4, -0.2) is 37.7 Å². The van der Waals surface area contributed by atoms with Crippen molar-refractivity contribution >= 4 is 11.9 Å². The van der Waals surface area contributed by atoms with Gasteiger partial charge in [0.2, 0.25) is 5.91 Å². The number of aliphatic carboxylic acids is 1. The largest absolute Gasteiger partial charge is 0.508 e. The van der Waals surface area contributed by atoms with Crippen LogP contribution in [0.4, 0.5) is 0 Å². The summed E-state index contributed by atoms with van der Waals surface area (Å²) in [5.41, 5.74) is 0.712. The lowest BCUT2D eigenvalue weighted by Crippen LogP contribution is -2.43. The third-order valence-electron chi connectivity index (χ3n) is 3.25. The summed E-state index contributed by atoms with van der Waals surface area (Å²) in [6.07, 6.45) is 3.38. The topological polar surface area (TPSA) is 104 Å². The first-order chi connectivity index (χ1) is 10.5. The van der Waals surface area contributed by atoms with Gasteiger partial charge in [-0.25, -0.2) is 9.78 Å². The van der Waals surface area contributed by atoms with Gasteiger partial charge in [0.1, 0.15) is 24.2 Å². The van der Waals surface area contributed by atoms with Crippen molar-refractivity contribution in [2.45, 2.75) is 25.9 Å². The number of carboxylic acids is 1. The highest BCUT2D eigenvalue weighted by Crippen LogP contribution is 2.11. The predicted molar refractivity (Wildman–Crippen MR) is 78.3 cm³/mol. The van der Waals surface area contributed by atoms with Crippen molar-refractivity contribution in [1.29, 1.82) is 0 Å². The summed E-state index contributed by atoms with van der Waals surface area (Å²) in [5.74, 6) is -0.716. The Bertz CT molecular complexity index is 664. The molecule has 0 saturated carbocycles. The number of carboxylic acid groups (broad SMARTS) is 1. The minimum atomic E-state index is -1.11. The maximum atomic E-state index is 12.0. The van der Waals surface area contributed by atoms with Crippen LogP contribution in [0.15, 0.2) is 36.7 Å². The predicted octanol–water partition coefficient (Wildman–Crippen LogP) is 0.709. The van der Waals surface area contributed by atoms with Crippen LogP contribution in [0.1, 0.15) is 11.4 Å². The molecule has 0 saturated heterocycles. The standard InChI is InChI=1S/C15H17N3O4/c1-10-16-6-7-18(10)9-14(20)17-13(15(21)22)8-11-2-4-12(19)5-3-11/h2-7,13,19H,8-9H2,1H3,(H,17,20)(H,21,22)/t13-/m0/s1. The number of carbonyl (C=O) groups excluding carboxylic acids is 1. The van der Waals surface area contributed by atoms with Gasteiger partial charge in [0, 0.05) is 18.8 Å². The molecule has 0 aliphatic heterocycles. The Hall–Kier alpha value is -2.83. The van der Waals surface area contributed by atoms with Crippen LogP contribution in [0.2, 0.25) is 0 Å². The van der Waals surface area contributed by atoms with Gasteiger partial charge >= 0.3 is 5.97 Å². The molecule has 0 unspecified atom stereocenters. The fourth-order valence-electron chi connectivity index (χ4n) is 2.03. The van der Waals surface area contributed by atoms with Crippen molar-refractivity contribution in [3.8, 4) is 5.75 Å². The SMILES string of the molecule is Cc1nccn1CC(=O)N[C@@H](Cc1ccc(O)cc1)C(=O)O. The molecule has 1 aromatic carbocycles. The minimum absolute atomic E-state index is 0.0190. The molecule has 7 heteroatoms. The molecular formula is C15H17N3O4. The second-order valence-corrected chi connectivity index (χ2v) is 4.93. The van der Waals surface area contributed by atoms with Crippen molar-refractivity contribution in [3.63, 3.8) is 0 Å². The molecular weight excluding hydrogens is 286 g/mol. The number of aromatic nitrogens is 2. The summed E-state index contributed by atoms with van der Waals surface area (Å²) >= 11 is 0. The minimum Gasteiger partial charge on any atom is -0.508 e. The van der Waals surface area contributed by atoms with E-state index in [1.54, 1.807) is 36.0 Å². The number of nitrogens with one attached hydrogen (secondary N) is 1. The molecule has 116 valence electrons. The monoisotopic (exact) mass is 303 g/mol. The lowest BCUT2D eigenvalue weighted by atomic mass is 10.1. The van der Waals surface area contributed by atoms with Gasteiger partial charge in [0.25, 0.3) is 0 Å². The Morgan fingerprint density at radius 3 is 2.55 bits per heavy atom. The lowest BCUT2D eigenvalue weighted by Gasteiger charge is -2.15. The maximum Gasteiger partial charge on any atom is 0.326 e. The number of amides is 1. The Kier molecular flexibility index (Phi) is 4.77. The Labute approximate surface area is 127 Å². The van der Waals surface area contributed by atoms with Gasteiger partial charge in [-0.3, -0.25) is 4.79 Å². The summed E-state index contributed by atoms with van der Waals surface area (Å²) in [5, 5.41) is 21.0. The summed E-state index contributed by atoms with van der Waals surface area (Å²) < 4.78 is 1.63. The van der Waals surface area contributed by atoms with E-state index in [2.05, 4.69) is 10.3 Å². The number of carbonyl (C=O) groups is 2. The van der Waals surface area contributed by atoms with Crippen molar-refractivity contribution < 1.29 is 19.8 Å². The number of nitrogens with zero attached hydrogens (tertiary/aromatic N) is 2. The van der Waals surface area contributed by atoms with Crippen LogP contribution in [0.3, 0.4) is 0 Å². The first-order valence-corrected chi connectivity index (χ1v) is 6.73. The fourth-order valence-corrected chi connectivity index (χ4v) is 2.03. The van der Waals surface area contributed by atoms with Gasteiger partial charge in [-0.2, -0.15) is 0 Å². The number of phenols is 1. The zero-order chi connectivity index (χ0) is 16.1. The number of aryl methyl sites for hydroxylation is 1. The third-order valence-corrected chi connectivity index (χ3v) is 3.25. The number of hydrogen-bond donors (Lipinski definition) is 3. The van der Waals surface area contributed by atoms with Gasteiger partial charge in [-0.05, 0) is 24.6 Å². The number of imidazole rings is 1. The van der Waals surface area contributed by atoms with Crippen LogP contribution in [0.25, 0.3) is 0 Å². The molecule has 0 radical (unpaired) electrons. The third kappa shape index (κ3) is 4.08. The molecule has 1 aromatic heterocycles.